The molecule has 0 saturated carbocycles. The van der Waals surface area contributed by atoms with Gasteiger partial charge in [0.05, 0.1) is 21.8 Å². The zero-order valence-electron chi connectivity index (χ0n) is 16.6. The second kappa shape index (κ2) is 7.18. The summed E-state index contributed by atoms with van der Waals surface area (Å²) in [5, 5.41) is 8.76. The van der Waals surface area contributed by atoms with Gasteiger partial charge in [0.25, 0.3) is 5.91 Å². The van der Waals surface area contributed by atoms with E-state index in [1.54, 1.807) is 12.3 Å². The van der Waals surface area contributed by atoms with Gasteiger partial charge in [-0.1, -0.05) is 47.5 Å². The topological polar surface area (TPSA) is 50.2 Å². The molecule has 0 spiro atoms. The van der Waals surface area contributed by atoms with Gasteiger partial charge < -0.3 is 10.2 Å². The summed E-state index contributed by atoms with van der Waals surface area (Å²) in [6.07, 6.45) is 2.56. The van der Waals surface area contributed by atoms with Crippen molar-refractivity contribution in [1.82, 2.24) is 9.78 Å². The van der Waals surface area contributed by atoms with Crippen LogP contribution in [0.2, 0.25) is 10.0 Å². The summed E-state index contributed by atoms with van der Waals surface area (Å²) in [6.45, 7) is 4.01. The molecule has 1 aromatic heterocycles. The minimum atomic E-state index is -0.404. The number of hydrogen-bond acceptors (Lipinski definition) is 3. The van der Waals surface area contributed by atoms with Crippen molar-refractivity contribution in [2.45, 2.75) is 32.4 Å². The summed E-state index contributed by atoms with van der Waals surface area (Å²) < 4.78 is 1.83. The average molecular weight is 439 g/mol. The first-order valence-electron chi connectivity index (χ1n) is 9.83. The Kier molecular flexibility index (Phi) is 4.60. The van der Waals surface area contributed by atoms with E-state index in [2.05, 4.69) is 23.4 Å². The van der Waals surface area contributed by atoms with Crippen LogP contribution < -0.4 is 10.2 Å². The molecule has 0 saturated heterocycles. The molecular formula is C23H20Cl2N4O. The average Bonchev–Trinajstić information content (AvgIpc) is 3.31. The fraction of sp³-hybridized carbons (Fsp3) is 0.217. The second-order valence-electron chi connectivity index (χ2n) is 7.76. The van der Waals surface area contributed by atoms with E-state index in [-0.39, 0.29) is 11.9 Å². The molecule has 5 nitrogen and oxygen atoms in total. The number of fused-ring (bicyclic) bond motifs is 2. The van der Waals surface area contributed by atoms with E-state index in [0.717, 1.165) is 29.2 Å². The predicted octanol–water partition coefficient (Wildman–Crippen LogP) is 5.46. The van der Waals surface area contributed by atoms with E-state index >= 15 is 0 Å². The van der Waals surface area contributed by atoms with E-state index in [9.17, 15) is 4.79 Å². The van der Waals surface area contributed by atoms with Gasteiger partial charge in [-0.05, 0) is 49.6 Å². The number of nitrogens with one attached hydrogen (secondary N) is 1. The Labute approximate surface area is 184 Å². The van der Waals surface area contributed by atoms with Gasteiger partial charge in [0, 0.05) is 23.5 Å². The zero-order chi connectivity index (χ0) is 21.0. The number of anilines is 2. The van der Waals surface area contributed by atoms with Gasteiger partial charge in [-0.3, -0.25) is 4.79 Å². The highest BCUT2D eigenvalue weighted by Gasteiger charge is 2.39. The van der Waals surface area contributed by atoms with E-state index in [4.69, 9.17) is 23.2 Å². The van der Waals surface area contributed by atoms with Crippen molar-refractivity contribution < 1.29 is 4.79 Å². The van der Waals surface area contributed by atoms with Crippen molar-refractivity contribution in [3.05, 3.63) is 87.2 Å². The number of carbonyl (C=O) groups is 1. The first-order chi connectivity index (χ1) is 14.5. The molecule has 0 radical (unpaired) electrons. The normalized spacial score (nSPS) is 20.1. The highest BCUT2D eigenvalue weighted by molar-refractivity contribution is 6.42. The molecular weight excluding hydrogens is 419 g/mol. The molecule has 1 N–H and O–H groups in total. The summed E-state index contributed by atoms with van der Waals surface area (Å²) in [4.78, 5) is 15.9. The maximum Gasteiger partial charge on any atom is 0.258 e. The summed E-state index contributed by atoms with van der Waals surface area (Å²) in [5.41, 5.74) is 4.47. The first-order valence-corrected chi connectivity index (χ1v) is 10.6. The molecule has 30 heavy (non-hydrogen) atoms. The lowest BCUT2D eigenvalue weighted by molar-refractivity contribution is -0.115. The zero-order valence-corrected chi connectivity index (χ0v) is 18.1. The number of hydrogen-bond donors (Lipinski definition) is 1. The van der Waals surface area contributed by atoms with Crippen LogP contribution in [0.1, 0.15) is 31.0 Å². The van der Waals surface area contributed by atoms with Crippen molar-refractivity contribution in [3.8, 4) is 0 Å². The van der Waals surface area contributed by atoms with E-state index in [1.807, 2.05) is 52.9 Å². The molecule has 2 unspecified atom stereocenters. The molecule has 3 heterocycles. The van der Waals surface area contributed by atoms with Crippen LogP contribution in [0.4, 0.5) is 11.5 Å². The number of carbonyl (C=O) groups excluding carboxylic acids is 1. The van der Waals surface area contributed by atoms with E-state index in [0.29, 0.717) is 15.6 Å². The summed E-state index contributed by atoms with van der Waals surface area (Å²) in [7, 11) is 0. The minimum Gasteiger partial charge on any atom is -0.344 e. The van der Waals surface area contributed by atoms with Crippen LogP contribution >= 0.6 is 23.2 Å². The van der Waals surface area contributed by atoms with Crippen LogP contribution in [-0.2, 0) is 11.2 Å². The number of allylic oxidation sites excluding steroid dienone is 1. The molecule has 5 rings (SSSR count). The van der Waals surface area contributed by atoms with Gasteiger partial charge in [0.1, 0.15) is 11.9 Å². The quantitative estimate of drug-likeness (QED) is 0.577. The number of rotatable bonds is 2. The monoisotopic (exact) mass is 438 g/mol. The number of para-hydroxylation sites is 1. The molecule has 0 aliphatic carbocycles. The largest absolute Gasteiger partial charge is 0.344 e. The molecule has 2 aromatic carbocycles. The van der Waals surface area contributed by atoms with Crippen molar-refractivity contribution in [2.75, 3.05) is 10.2 Å². The fourth-order valence-corrected chi connectivity index (χ4v) is 4.78. The van der Waals surface area contributed by atoms with Gasteiger partial charge in [-0.2, -0.15) is 5.10 Å². The molecule has 3 aromatic rings. The Balaban J connectivity index is 1.65. The number of nitrogens with zero attached hydrogens (tertiary/aromatic N) is 3. The Morgan fingerprint density at radius 2 is 1.93 bits per heavy atom. The van der Waals surface area contributed by atoms with Crippen molar-refractivity contribution in [1.29, 1.82) is 0 Å². The van der Waals surface area contributed by atoms with Crippen molar-refractivity contribution in [2.24, 2.45) is 0 Å². The van der Waals surface area contributed by atoms with E-state index in [1.165, 1.54) is 5.56 Å². The van der Waals surface area contributed by atoms with Crippen LogP contribution in [0.15, 0.2) is 66.0 Å². The molecule has 7 heteroatoms. The van der Waals surface area contributed by atoms with Gasteiger partial charge in [-0.15, -0.1) is 0 Å². The summed E-state index contributed by atoms with van der Waals surface area (Å²) >= 11 is 12.5. The molecule has 1 amide bonds. The fourth-order valence-electron chi connectivity index (χ4n) is 4.48. The number of amides is 1. The van der Waals surface area contributed by atoms with Gasteiger partial charge in [0.2, 0.25) is 0 Å². The SMILES string of the molecule is CC1=C(C(=O)N2c3ccccc3CC2C)C(c2ccc(Cl)c(Cl)c2)n2nccc2N1. The maximum absolute atomic E-state index is 14.0. The van der Waals surface area contributed by atoms with Crippen LogP contribution in [0.3, 0.4) is 0 Å². The maximum atomic E-state index is 14.0. The van der Waals surface area contributed by atoms with Crippen LogP contribution in [0.5, 0.6) is 0 Å². The lowest BCUT2D eigenvalue weighted by Crippen LogP contribution is -2.41. The lowest BCUT2D eigenvalue weighted by atomic mass is 9.94. The highest BCUT2D eigenvalue weighted by atomic mass is 35.5. The number of aromatic nitrogens is 2. The van der Waals surface area contributed by atoms with Crippen LogP contribution in [0, 0.1) is 0 Å². The third kappa shape index (κ3) is 2.92. The first kappa shape index (κ1) is 19.2. The van der Waals surface area contributed by atoms with E-state index < -0.39 is 6.04 Å². The standard InChI is InChI=1S/C23H20Cl2N4O/c1-13-11-15-5-3-4-6-19(15)28(13)23(30)21-14(2)27-20-9-10-26-29(20)22(21)16-7-8-17(24)18(25)12-16/h3-10,12-13,22,27H,11H2,1-2H3. The molecule has 2 aliphatic heterocycles. The molecule has 2 atom stereocenters. The van der Waals surface area contributed by atoms with Crippen LogP contribution in [0.25, 0.3) is 0 Å². The second-order valence-corrected chi connectivity index (χ2v) is 8.57. The van der Waals surface area contributed by atoms with Gasteiger partial charge in [0.15, 0.2) is 0 Å². The Morgan fingerprint density at radius 3 is 2.73 bits per heavy atom. The predicted molar refractivity (Wildman–Crippen MR) is 120 cm³/mol. The summed E-state index contributed by atoms with van der Waals surface area (Å²) in [6, 6.07) is 15.1. The summed E-state index contributed by atoms with van der Waals surface area (Å²) in [5.74, 6) is 0.796. The molecule has 2 aliphatic rings. The number of benzene rings is 2. The van der Waals surface area contributed by atoms with Crippen molar-refractivity contribution >= 4 is 40.6 Å². The van der Waals surface area contributed by atoms with Gasteiger partial charge in [-0.25, -0.2) is 4.68 Å². The van der Waals surface area contributed by atoms with Crippen molar-refractivity contribution in [3.63, 3.8) is 0 Å². The number of halogens is 2. The minimum absolute atomic E-state index is 0.0327. The Bertz CT molecular complexity index is 1200. The third-order valence-corrected chi connectivity index (χ3v) is 6.56. The molecule has 0 bridgehead atoms. The van der Waals surface area contributed by atoms with Crippen LogP contribution in [-0.4, -0.2) is 21.7 Å². The Morgan fingerprint density at radius 1 is 1.13 bits per heavy atom. The smallest absolute Gasteiger partial charge is 0.258 e. The van der Waals surface area contributed by atoms with Gasteiger partial charge >= 0.3 is 0 Å². The third-order valence-electron chi connectivity index (χ3n) is 5.82. The molecule has 152 valence electrons. The highest BCUT2D eigenvalue weighted by Crippen LogP contribution is 2.41. The Hall–Kier alpha value is -2.76. The molecule has 0 fully saturated rings. The lowest BCUT2D eigenvalue weighted by Gasteiger charge is -2.33.